The molecule has 0 spiro atoms. The van der Waals surface area contributed by atoms with E-state index in [4.69, 9.17) is 23.2 Å². The van der Waals surface area contributed by atoms with Crippen molar-refractivity contribution in [3.8, 4) is 11.3 Å². The average Bonchev–Trinajstić information content (AvgIpc) is 3.22. The van der Waals surface area contributed by atoms with Gasteiger partial charge in [0.1, 0.15) is 11.6 Å². The van der Waals surface area contributed by atoms with Gasteiger partial charge in [-0.3, -0.25) is 9.89 Å². The molecule has 1 atom stereocenters. The molecule has 0 saturated carbocycles. The lowest BCUT2D eigenvalue weighted by atomic mass is 10.1. The Balaban J connectivity index is 1.56. The Kier molecular flexibility index (Phi) is 6.76. The van der Waals surface area contributed by atoms with Gasteiger partial charge in [0, 0.05) is 27.4 Å². The van der Waals surface area contributed by atoms with Gasteiger partial charge in [-0.05, 0) is 72.3 Å². The van der Waals surface area contributed by atoms with Crippen molar-refractivity contribution in [2.24, 2.45) is 0 Å². The third-order valence-electron chi connectivity index (χ3n) is 4.58. The number of benzene rings is 3. The quantitative estimate of drug-likeness (QED) is 0.244. The van der Waals surface area contributed by atoms with Crippen LogP contribution in [-0.4, -0.2) is 22.4 Å². The highest BCUT2D eigenvalue weighted by molar-refractivity contribution is 6.31. The van der Waals surface area contributed by atoms with Gasteiger partial charge in [-0.25, -0.2) is 8.78 Å². The predicted molar refractivity (Wildman–Crippen MR) is 125 cm³/mol. The lowest BCUT2D eigenvalue weighted by molar-refractivity contribution is 0.0945. The van der Waals surface area contributed by atoms with E-state index >= 15 is 0 Å². The first-order chi connectivity index (χ1) is 15.9. The maximum atomic E-state index is 13.8. The number of aromatic amines is 1. The van der Waals surface area contributed by atoms with E-state index in [1.807, 2.05) is 0 Å². The van der Waals surface area contributed by atoms with E-state index in [9.17, 15) is 13.6 Å². The molecule has 0 bridgehead atoms. The summed E-state index contributed by atoms with van der Waals surface area (Å²) in [6.07, 6.45) is -0.893. The van der Waals surface area contributed by atoms with E-state index < -0.39 is 18.0 Å². The fraction of sp³-hybridized carbons (Fsp3) is 0.0435. The van der Waals surface area contributed by atoms with Crippen molar-refractivity contribution in [2.45, 2.75) is 6.29 Å². The van der Waals surface area contributed by atoms with Crippen LogP contribution >= 0.6 is 23.2 Å². The van der Waals surface area contributed by atoms with Crippen molar-refractivity contribution in [1.29, 1.82) is 0 Å². The highest BCUT2D eigenvalue weighted by atomic mass is 35.5. The van der Waals surface area contributed by atoms with Gasteiger partial charge in [0.05, 0.1) is 5.69 Å². The summed E-state index contributed by atoms with van der Waals surface area (Å²) >= 11 is 11.8. The van der Waals surface area contributed by atoms with Crippen LogP contribution in [0.15, 0.2) is 72.8 Å². The van der Waals surface area contributed by atoms with E-state index in [1.165, 1.54) is 30.3 Å². The molecule has 168 valence electrons. The highest BCUT2D eigenvalue weighted by Gasteiger charge is 2.16. The number of rotatable bonds is 7. The zero-order chi connectivity index (χ0) is 23.4. The molecule has 10 heteroatoms. The minimum Gasteiger partial charge on any atom is -0.348 e. The molecule has 3 aromatic carbocycles. The standard InChI is InChI=1S/C23H17Cl2F2N5O/c24-15-5-1-14(2-6-15)22(33)30-23(28-19-10-16(25)9-18(27)11-19)29-21-12-20(31-32-21)13-3-7-17(26)8-4-13/h1-12,23,28H,(H,30,33)(H2,29,31,32). The molecular weight excluding hydrogens is 471 g/mol. The van der Waals surface area contributed by atoms with Crippen molar-refractivity contribution < 1.29 is 13.6 Å². The molecule has 4 aromatic rings. The van der Waals surface area contributed by atoms with Crippen molar-refractivity contribution >= 4 is 40.6 Å². The second-order valence-electron chi connectivity index (χ2n) is 7.03. The number of nitrogens with one attached hydrogen (secondary N) is 4. The summed E-state index contributed by atoms with van der Waals surface area (Å²) in [5, 5.41) is 16.5. The Hall–Kier alpha value is -3.62. The number of amides is 1. The maximum Gasteiger partial charge on any atom is 0.254 e. The largest absolute Gasteiger partial charge is 0.348 e. The molecule has 0 aliphatic carbocycles. The van der Waals surface area contributed by atoms with Gasteiger partial charge >= 0.3 is 0 Å². The van der Waals surface area contributed by atoms with Gasteiger partial charge in [-0.2, -0.15) is 5.10 Å². The highest BCUT2D eigenvalue weighted by Crippen LogP contribution is 2.22. The molecule has 1 amide bonds. The number of hydrogen-bond acceptors (Lipinski definition) is 4. The average molecular weight is 488 g/mol. The molecule has 0 aliphatic heterocycles. The van der Waals surface area contributed by atoms with Crippen LogP contribution in [-0.2, 0) is 0 Å². The number of halogens is 4. The Labute approximate surface area is 197 Å². The van der Waals surface area contributed by atoms with Crippen LogP contribution < -0.4 is 16.0 Å². The summed E-state index contributed by atoms with van der Waals surface area (Å²) in [5.74, 6) is -0.912. The first-order valence-electron chi connectivity index (χ1n) is 9.73. The van der Waals surface area contributed by atoms with Gasteiger partial charge in [0.25, 0.3) is 5.91 Å². The van der Waals surface area contributed by atoms with Gasteiger partial charge in [0.15, 0.2) is 12.1 Å². The van der Waals surface area contributed by atoms with Crippen LogP contribution in [0.2, 0.25) is 10.0 Å². The van der Waals surface area contributed by atoms with E-state index in [1.54, 1.807) is 42.5 Å². The number of H-pyrrole nitrogens is 1. The Morgan fingerprint density at radius 2 is 1.58 bits per heavy atom. The van der Waals surface area contributed by atoms with E-state index in [0.29, 0.717) is 27.8 Å². The van der Waals surface area contributed by atoms with Crippen LogP contribution in [0.3, 0.4) is 0 Å². The fourth-order valence-electron chi connectivity index (χ4n) is 3.05. The van der Waals surface area contributed by atoms with Gasteiger partial charge in [0.2, 0.25) is 0 Å². The molecular formula is C23H17Cl2F2N5O. The number of anilines is 2. The second-order valence-corrected chi connectivity index (χ2v) is 7.91. The maximum absolute atomic E-state index is 13.8. The van der Waals surface area contributed by atoms with Gasteiger partial charge in [-0.15, -0.1) is 0 Å². The third-order valence-corrected chi connectivity index (χ3v) is 5.05. The van der Waals surface area contributed by atoms with Crippen LogP contribution in [0, 0.1) is 11.6 Å². The summed E-state index contributed by atoms with van der Waals surface area (Å²) in [4.78, 5) is 12.7. The lowest BCUT2D eigenvalue weighted by Crippen LogP contribution is -2.46. The Morgan fingerprint density at radius 3 is 2.27 bits per heavy atom. The van der Waals surface area contributed by atoms with E-state index in [0.717, 1.165) is 5.56 Å². The molecule has 1 aromatic heterocycles. The molecule has 33 heavy (non-hydrogen) atoms. The fourth-order valence-corrected chi connectivity index (χ4v) is 3.40. The van der Waals surface area contributed by atoms with Crippen molar-refractivity contribution in [3.05, 3.63) is 100 Å². The van der Waals surface area contributed by atoms with Gasteiger partial charge < -0.3 is 16.0 Å². The lowest BCUT2D eigenvalue weighted by Gasteiger charge is -2.22. The van der Waals surface area contributed by atoms with E-state index in [2.05, 4.69) is 26.1 Å². The van der Waals surface area contributed by atoms with Crippen molar-refractivity contribution in [3.63, 3.8) is 0 Å². The third kappa shape index (κ3) is 6.00. The minimum absolute atomic E-state index is 0.193. The zero-order valence-corrected chi connectivity index (χ0v) is 18.4. The monoisotopic (exact) mass is 487 g/mol. The Bertz CT molecular complexity index is 1240. The van der Waals surface area contributed by atoms with Crippen LogP contribution in [0.4, 0.5) is 20.3 Å². The molecule has 0 saturated heterocycles. The molecule has 4 N–H and O–H groups in total. The topological polar surface area (TPSA) is 81.8 Å². The smallest absolute Gasteiger partial charge is 0.254 e. The molecule has 0 aliphatic rings. The van der Waals surface area contributed by atoms with E-state index in [-0.39, 0.29) is 10.8 Å². The summed E-state index contributed by atoms with van der Waals surface area (Å²) in [6.45, 7) is 0. The minimum atomic E-state index is -0.893. The van der Waals surface area contributed by atoms with Crippen LogP contribution in [0.25, 0.3) is 11.3 Å². The number of nitrogens with zero attached hydrogens (tertiary/aromatic N) is 1. The van der Waals surface area contributed by atoms with Crippen molar-refractivity contribution in [2.75, 3.05) is 10.6 Å². The predicted octanol–water partition coefficient (Wildman–Crippen LogP) is 5.90. The first-order valence-corrected chi connectivity index (χ1v) is 10.5. The normalized spacial score (nSPS) is 11.6. The zero-order valence-electron chi connectivity index (χ0n) is 16.9. The number of carbonyl (C=O) groups excluding carboxylic acids is 1. The molecule has 4 rings (SSSR count). The molecule has 6 nitrogen and oxygen atoms in total. The Morgan fingerprint density at radius 1 is 0.848 bits per heavy atom. The summed E-state index contributed by atoms with van der Waals surface area (Å²) in [5.41, 5.74) is 2.07. The molecule has 0 fully saturated rings. The summed E-state index contributed by atoms with van der Waals surface area (Å²) in [6, 6.07) is 17.9. The number of hydrogen-bond donors (Lipinski definition) is 4. The van der Waals surface area contributed by atoms with Crippen LogP contribution in [0.5, 0.6) is 0 Å². The van der Waals surface area contributed by atoms with Crippen LogP contribution in [0.1, 0.15) is 10.4 Å². The summed E-state index contributed by atoms with van der Waals surface area (Å²) in [7, 11) is 0. The SMILES string of the molecule is O=C(NC(Nc1cc(F)cc(Cl)c1)Nc1cc(-c2ccc(F)cc2)[nH]n1)c1ccc(Cl)cc1. The van der Waals surface area contributed by atoms with Gasteiger partial charge in [-0.1, -0.05) is 23.2 Å². The molecule has 1 unspecified atom stereocenters. The number of aromatic nitrogens is 2. The summed E-state index contributed by atoms with van der Waals surface area (Å²) < 4.78 is 27.0. The van der Waals surface area contributed by atoms with Crippen molar-refractivity contribution in [1.82, 2.24) is 15.5 Å². The second kappa shape index (κ2) is 9.89. The molecule has 1 heterocycles. The first kappa shape index (κ1) is 22.6. The molecule has 0 radical (unpaired) electrons. The number of carbonyl (C=O) groups is 1.